The molecule has 3 aliphatic carbocycles. The van der Waals surface area contributed by atoms with Crippen LogP contribution in [0.3, 0.4) is 0 Å². The molecule has 3 heteroatoms. The number of rotatable bonds is 7. The van der Waals surface area contributed by atoms with E-state index in [1.807, 2.05) is 0 Å². The van der Waals surface area contributed by atoms with Crippen LogP contribution in [0.2, 0.25) is 0 Å². The highest BCUT2D eigenvalue weighted by Crippen LogP contribution is 2.70. The summed E-state index contributed by atoms with van der Waals surface area (Å²) < 4.78 is 15.4. The van der Waals surface area contributed by atoms with E-state index in [1.54, 1.807) is 0 Å². The Hall–Kier alpha value is -0.900. The summed E-state index contributed by atoms with van der Waals surface area (Å²) in [5.41, 5.74) is 1.58. The Kier molecular flexibility index (Phi) is 8.10. The fourth-order valence-corrected chi connectivity index (χ4v) is 15.8. The zero-order valence-corrected chi connectivity index (χ0v) is 22.1. The molecule has 0 spiro atoms. The molecule has 0 heterocycles. The van der Waals surface area contributed by atoms with Gasteiger partial charge in [-0.3, -0.25) is 0 Å². The second-order valence-corrected chi connectivity index (χ2v) is 16.8. The predicted octanol–water partition coefficient (Wildman–Crippen LogP) is 8.32. The van der Waals surface area contributed by atoms with Gasteiger partial charge < -0.3 is 4.57 Å². The first-order chi connectivity index (χ1) is 16.3. The van der Waals surface area contributed by atoms with Gasteiger partial charge in [0, 0.05) is 17.0 Å². The molecule has 3 fully saturated rings. The van der Waals surface area contributed by atoms with E-state index in [-0.39, 0.29) is 0 Å². The van der Waals surface area contributed by atoms with Crippen LogP contribution in [-0.2, 0) is 4.57 Å². The summed E-state index contributed by atoms with van der Waals surface area (Å²) in [5.74, 6) is 0.645. The number of hydrogen-bond donors (Lipinski definition) is 0. The van der Waals surface area contributed by atoms with Crippen molar-refractivity contribution in [1.82, 2.24) is 0 Å². The summed E-state index contributed by atoms with van der Waals surface area (Å²) in [5, 5.41) is 2.99. The molecule has 0 aliphatic heterocycles. The molecule has 0 bridgehead atoms. The molecule has 1 nitrogen and oxygen atoms in total. The van der Waals surface area contributed by atoms with E-state index in [1.165, 1.54) is 100 Å². The van der Waals surface area contributed by atoms with Crippen LogP contribution >= 0.6 is 15.1 Å². The molecule has 2 aromatic rings. The molecule has 2 atom stereocenters. The molecule has 3 saturated carbocycles. The summed E-state index contributed by atoms with van der Waals surface area (Å²) in [4.78, 5) is 0. The molecular formula is C30H42OP2. The lowest BCUT2D eigenvalue weighted by Gasteiger charge is -2.44. The van der Waals surface area contributed by atoms with Crippen molar-refractivity contribution in [3.63, 3.8) is 0 Å². The Morgan fingerprint density at radius 1 is 0.606 bits per heavy atom. The third kappa shape index (κ3) is 5.21. The molecule has 5 rings (SSSR count). The van der Waals surface area contributed by atoms with Crippen molar-refractivity contribution in [2.75, 3.05) is 6.16 Å². The topological polar surface area (TPSA) is 17.1 Å². The van der Waals surface area contributed by atoms with Crippen molar-refractivity contribution < 1.29 is 4.57 Å². The SMILES string of the molecule is O=P(C1CCCCC1)(C1CCCCC1)[C@@H]1CCC[C@@H]1CP(c1ccccc1)c1ccccc1. The molecule has 2 aromatic carbocycles. The highest BCUT2D eigenvalue weighted by Gasteiger charge is 2.50. The van der Waals surface area contributed by atoms with Crippen molar-refractivity contribution in [3.05, 3.63) is 60.7 Å². The molecular weight excluding hydrogens is 438 g/mol. The van der Waals surface area contributed by atoms with Crippen LogP contribution in [0, 0.1) is 5.92 Å². The zero-order chi connectivity index (χ0) is 22.5. The molecule has 0 unspecified atom stereocenters. The molecule has 0 amide bonds. The third-order valence-corrected chi connectivity index (χ3v) is 16.7. The lowest BCUT2D eigenvalue weighted by atomic mass is 9.99. The maximum absolute atomic E-state index is 15.4. The van der Waals surface area contributed by atoms with Gasteiger partial charge in [0.15, 0.2) is 0 Å². The number of hydrogen-bond acceptors (Lipinski definition) is 1. The summed E-state index contributed by atoms with van der Waals surface area (Å²) in [7, 11) is -2.59. The van der Waals surface area contributed by atoms with E-state index in [9.17, 15) is 0 Å². The number of benzene rings is 2. The molecule has 0 saturated heterocycles. The molecule has 0 N–H and O–H groups in total. The maximum atomic E-state index is 15.4. The summed E-state index contributed by atoms with van der Waals surface area (Å²) in [6, 6.07) is 22.4. The minimum Gasteiger partial charge on any atom is -0.323 e. The fraction of sp³-hybridized carbons (Fsp3) is 0.600. The first-order valence-electron chi connectivity index (χ1n) is 13.7. The van der Waals surface area contributed by atoms with Gasteiger partial charge in [-0.25, -0.2) is 0 Å². The van der Waals surface area contributed by atoms with Crippen LogP contribution in [-0.4, -0.2) is 23.1 Å². The normalized spacial score (nSPS) is 25.5. The first kappa shape index (κ1) is 23.8. The van der Waals surface area contributed by atoms with Gasteiger partial charge in [0.25, 0.3) is 0 Å². The highest BCUT2D eigenvalue weighted by molar-refractivity contribution is 7.73. The summed E-state index contributed by atoms with van der Waals surface area (Å²) in [6.07, 6.45) is 18.1. The van der Waals surface area contributed by atoms with E-state index >= 15 is 4.57 Å². The summed E-state index contributed by atoms with van der Waals surface area (Å²) >= 11 is 0. The van der Waals surface area contributed by atoms with E-state index in [4.69, 9.17) is 0 Å². The molecule has 33 heavy (non-hydrogen) atoms. The minimum absolute atomic E-state index is 0.392. The van der Waals surface area contributed by atoms with Crippen LogP contribution in [0.4, 0.5) is 0 Å². The van der Waals surface area contributed by atoms with Crippen LogP contribution in [0.15, 0.2) is 60.7 Å². The van der Waals surface area contributed by atoms with Gasteiger partial charge in [-0.1, -0.05) is 106 Å². The fourth-order valence-electron chi connectivity index (χ4n) is 7.38. The Bertz CT molecular complexity index is 838. The zero-order valence-electron chi connectivity index (χ0n) is 20.3. The van der Waals surface area contributed by atoms with Gasteiger partial charge in [-0.05, 0) is 69.1 Å². The van der Waals surface area contributed by atoms with Gasteiger partial charge in [0.05, 0.1) is 7.14 Å². The van der Waals surface area contributed by atoms with Crippen molar-refractivity contribution in [2.45, 2.75) is 100 Å². The van der Waals surface area contributed by atoms with Crippen molar-refractivity contribution in [1.29, 1.82) is 0 Å². The van der Waals surface area contributed by atoms with Crippen molar-refractivity contribution >= 4 is 25.7 Å². The first-order valence-corrected chi connectivity index (χ1v) is 17.2. The molecule has 0 radical (unpaired) electrons. The average molecular weight is 481 g/mol. The van der Waals surface area contributed by atoms with Crippen LogP contribution in [0.5, 0.6) is 0 Å². The van der Waals surface area contributed by atoms with E-state index in [0.717, 1.165) is 0 Å². The Balaban J connectivity index is 1.46. The van der Waals surface area contributed by atoms with Crippen molar-refractivity contribution in [3.8, 4) is 0 Å². The van der Waals surface area contributed by atoms with Crippen molar-refractivity contribution in [2.24, 2.45) is 5.92 Å². The van der Waals surface area contributed by atoms with Gasteiger partial charge in [-0.15, -0.1) is 0 Å². The van der Waals surface area contributed by atoms with E-state index in [2.05, 4.69) is 60.7 Å². The predicted molar refractivity (Wildman–Crippen MR) is 146 cm³/mol. The van der Waals surface area contributed by atoms with Gasteiger partial charge in [-0.2, -0.15) is 0 Å². The molecule has 0 aromatic heterocycles. The third-order valence-electron chi connectivity index (χ3n) is 8.98. The Morgan fingerprint density at radius 2 is 1.09 bits per heavy atom. The maximum Gasteiger partial charge on any atom is 0.0967 e. The minimum atomic E-state index is -2.20. The van der Waals surface area contributed by atoms with Crippen LogP contribution in [0.1, 0.15) is 83.5 Å². The van der Waals surface area contributed by atoms with Crippen LogP contribution in [0.25, 0.3) is 0 Å². The lowest BCUT2D eigenvalue weighted by Crippen LogP contribution is -2.33. The van der Waals surface area contributed by atoms with E-state index in [0.29, 0.717) is 22.9 Å². The average Bonchev–Trinajstić information content (AvgIpc) is 3.38. The van der Waals surface area contributed by atoms with Gasteiger partial charge in [0.2, 0.25) is 0 Å². The van der Waals surface area contributed by atoms with Crippen LogP contribution < -0.4 is 10.6 Å². The lowest BCUT2D eigenvalue weighted by molar-refractivity contribution is 0.432. The van der Waals surface area contributed by atoms with Gasteiger partial charge >= 0.3 is 0 Å². The monoisotopic (exact) mass is 480 g/mol. The highest BCUT2D eigenvalue weighted by atomic mass is 31.2. The van der Waals surface area contributed by atoms with E-state index < -0.39 is 15.1 Å². The second-order valence-electron chi connectivity index (χ2n) is 10.9. The molecule has 178 valence electrons. The Labute approximate surface area is 203 Å². The standard InChI is InChI=1S/C30H42OP2/c31-33(28-19-9-3-10-20-28,29-21-11-4-12-22-29)30-23-13-14-25(30)24-32(26-15-5-1-6-16-26)27-17-7-2-8-18-27/h1-2,5-8,15-18,25,28-30H,3-4,9-14,19-24H2/t25-,30-/m1/s1. The summed E-state index contributed by atoms with van der Waals surface area (Å²) in [6.45, 7) is 0. The largest absolute Gasteiger partial charge is 0.323 e. The van der Waals surface area contributed by atoms with Gasteiger partial charge in [0.1, 0.15) is 0 Å². The molecule has 3 aliphatic rings. The quantitative estimate of drug-likeness (QED) is 0.364. The Morgan fingerprint density at radius 3 is 1.58 bits per heavy atom. The smallest absolute Gasteiger partial charge is 0.0967 e. The second kappa shape index (κ2) is 11.2.